The summed E-state index contributed by atoms with van der Waals surface area (Å²) in [7, 11) is 0. The zero-order valence-corrected chi connectivity index (χ0v) is 13.5. The van der Waals surface area contributed by atoms with E-state index in [2.05, 4.69) is 0 Å². The molecular weight excluding hydrogens is 329 g/mol. The van der Waals surface area contributed by atoms with Gasteiger partial charge in [0.15, 0.2) is 6.10 Å². The van der Waals surface area contributed by atoms with E-state index in [0.29, 0.717) is 5.56 Å². The smallest absolute Gasteiger partial charge is 0.418 e. The lowest BCUT2D eigenvalue weighted by Gasteiger charge is -2.27. The molecule has 1 N–H and O–H groups in total. The first-order valence-corrected chi connectivity index (χ1v) is 7.42. The molecule has 0 aliphatic carbocycles. The van der Waals surface area contributed by atoms with E-state index in [1.54, 1.807) is 20.8 Å². The Balaban J connectivity index is 2.60. The van der Waals surface area contributed by atoms with Gasteiger partial charge in [-0.1, -0.05) is 0 Å². The minimum Gasteiger partial charge on any atom is -0.493 e. The number of hydrogen-bond donors (Lipinski definition) is 1. The lowest BCUT2D eigenvalue weighted by atomic mass is 9.99. The summed E-state index contributed by atoms with van der Waals surface area (Å²) in [5, 5.41) is 9.73. The second kappa shape index (κ2) is 6.80. The number of hydrogen-bond acceptors (Lipinski definition) is 5. The lowest BCUT2D eigenvalue weighted by Crippen LogP contribution is -2.25. The molecule has 0 spiro atoms. The third-order valence-electron chi connectivity index (χ3n) is 3.45. The van der Waals surface area contributed by atoms with Gasteiger partial charge in [-0.05, 0) is 26.0 Å². The molecule has 2 rings (SSSR count). The molecule has 0 saturated carbocycles. The largest absolute Gasteiger partial charge is 0.493 e. The van der Waals surface area contributed by atoms with Gasteiger partial charge < -0.3 is 24.1 Å². The zero-order chi connectivity index (χ0) is 18.0. The van der Waals surface area contributed by atoms with E-state index in [9.17, 15) is 18.3 Å². The maximum atomic E-state index is 13.0. The van der Waals surface area contributed by atoms with Gasteiger partial charge in [0.05, 0.1) is 18.8 Å². The number of ether oxygens (including phenoxy) is 4. The van der Waals surface area contributed by atoms with Gasteiger partial charge in [-0.3, -0.25) is 0 Å². The molecule has 1 aromatic rings. The number of rotatable bonds is 6. The SMILES string of the molecule is CCOc1cc(C2(C)OC=CO2)cc(OCC)c1C(O)C(F)(F)F. The first-order chi connectivity index (χ1) is 11.2. The van der Waals surface area contributed by atoms with Crippen LogP contribution in [0.3, 0.4) is 0 Å². The third-order valence-corrected chi connectivity index (χ3v) is 3.45. The van der Waals surface area contributed by atoms with Gasteiger partial charge in [0.1, 0.15) is 24.0 Å². The van der Waals surface area contributed by atoms with E-state index in [-0.39, 0.29) is 24.7 Å². The summed E-state index contributed by atoms with van der Waals surface area (Å²) in [6.07, 6.45) is -4.92. The van der Waals surface area contributed by atoms with Crippen molar-refractivity contribution in [2.45, 2.75) is 38.8 Å². The molecule has 5 nitrogen and oxygen atoms in total. The maximum absolute atomic E-state index is 13.0. The van der Waals surface area contributed by atoms with Crippen molar-refractivity contribution in [3.8, 4) is 11.5 Å². The van der Waals surface area contributed by atoms with E-state index < -0.39 is 23.6 Å². The summed E-state index contributed by atoms with van der Waals surface area (Å²) in [5.41, 5.74) is -0.0676. The maximum Gasteiger partial charge on any atom is 0.418 e. The highest BCUT2D eigenvalue weighted by atomic mass is 19.4. The Bertz CT molecular complexity index is 577. The van der Waals surface area contributed by atoms with Crippen molar-refractivity contribution in [2.24, 2.45) is 0 Å². The quantitative estimate of drug-likeness (QED) is 0.848. The monoisotopic (exact) mass is 348 g/mol. The number of halogens is 3. The first kappa shape index (κ1) is 18.3. The first-order valence-electron chi connectivity index (χ1n) is 7.42. The Hall–Kier alpha value is -2.09. The molecule has 1 heterocycles. The molecule has 0 fully saturated rings. The molecule has 24 heavy (non-hydrogen) atoms. The van der Waals surface area contributed by atoms with Gasteiger partial charge in [0, 0.05) is 12.5 Å². The van der Waals surface area contributed by atoms with Crippen molar-refractivity contribution in [1.29, 1.82) is 0 Å². The van der Waals surface area contributed by atoms with Crippen LogP contribution in [0.4, 0.5) is 13.2 Å². The van der Waals surface area contributed by atoms with Crippen molar-refractivity contribution in [3.05, 3.63) is 35.8 Å². The molecule has 0 bridgehead atoms. The highest BCUT2D eigenvalue weighted by Crippen LogP contribution is 2.45. The van der Waals surface area contributed by atoms with Crippen LogP contribution in [0.15, 0.2) is 24.7 Å². The van der Waals surface area contributed by atoms with E-state index >= 15 is 0 Å². The number of aliphatic hydroxyl groups is 1. The minimum absolute atomic E-state index is 0.114. The van der Waals surface area contributed by atoms with Crippen LogP contribution < -0.4 is 9.47 Å². The summed E-state index contributed by atoms with van der Waals surface area (Å²) < 4.78 is 60.4. The predicted molar refractivity (Wildman–Crippen MR) is 78.5 cm³/mol. The van der Waals surface area contributed by atoms with Crippen LogP contribution in [0.25, 0.3) is 0 Å². The van der Waals surface area contributed by atoms with Crippen LogP contribution in [0.1, 0.15) is 38.0 Å². The molecule has 1 aliphatic heterocycles. The fourth-order valence-corrected chi connectivity index (χ4v) is 2.33. The van der Waals surface area contributed by atoms with Crippen LogP contribution in [0.2, 0.25) is 0 Å². The van der Waals surface area contributed by atoms with E-state index in [0.717, 1.165) is 0 Å². The topological polar surface area (TPSA) is 57.2 Å². The van der Waals surface area contributed by atoms with Crippen LogP contribution in [0, 0.1) is 0 Å². The van der Waals surface area contributed by atoms with Gasteiger partial charge in [0.2, 0.25) is 0 Å². The zero-order valence-electron chi connectivity index (χ0n) is 13.5. The Kier molecular flexibility index (Phi) is 5.17. The molecule has 0 saturated heterocycles. The standard InChI is InChI=1S/C16H19F3O5/c1-4-21-11-8-10(15(3)23-6-7-24-15)9-12(22-5-2)13(11)14(20)16(17,18)19/h6-9,14,20H,4-5H2,1-3H3. The fourth-order valence-electron chi connectivity index (χ4n) is 2.33. The van der Waals surface area contributed by atoms with Crippen LogP contribution in [0.5, 0.6) is 11.5 Å². The Morgan fingerprint density at radius 2 is 1.54 bits per heavy atom. The molecule has 8 heteroatoms. The van der Waals surface area contributed by atoms with Crippen molar-refractivity contribution in [1.82, 2.24) is 0 Å². The second-order valence-electron chi connectivity index (χ2n) is 5.15. The summed E-state index contributed by atoms with van der Waals surface area (Å²) in [5.74, 6) is -1.48. The van der Waals surface area contributed by atoms with Crippen LogP contribution in [-0.4, -0.2) is 24.5 Å². The average Bonchev–Trinajstić information content (AvgIpc) is 2.94. The van der Waals surface area contributed by atoms with Crippen LogP contribution >= 0.6 is 0 Å². The molecule has 1 aliphatic rings. The number of benzene rings is 1. The Labute approximate surface area is 137 Å². The van der Waals surface area contributed by atoms with E-state index in [1.165, 1.54) is 24.7 Å². The normalized spacial score (nSPS) is 17.1. The molecule has 1 aromatic carbocycles. The summed E-state index contributed by atoms with van der Waals surface area (Å²) in [6.45, 7) is 5.09. The lowest BCUT2D eigenvalue weighted by molar-refractivity contribution is -0.207. The predicted octanol–water partition coefficient (Wildman–Crippen LogP) is 3.77. The molecule has 1 unspecified atom stereocenters. The van der Waals surface area contributed by atoms with Gasteiger partial charge >= 0.3 is 6.18 Å². The summed E-state index contributed by atoms with van der Waals surface area (Å²) in [4.78, 5) is 0. The van der Waals surface area contributed by atoms with Gasteiger partial charge in [-0.2, -0.15) is 13.2 Å². The Morgan fingerprint density at radius 3 is 1.92 bits per heavy atom. The highest BCUT2D eigenvalue weighted by molar-refractivity contribution is 5.51. The highest BCUT2D eigenvalue weighted by Gasteiger charge is 2.44. The average molecular weight is 348 g/mol. The number of alkyl halides is 3. The van der Waals surface area contributed by atoms with Gasteiger partial charge in [-0.25, -0.2) is 0 Å². The van der Waals surface area contributed by atoms with Crippen LogP contribution in [-0.2, 0) is 15.3 Å². The minimum atomic E-state index is -4.86. The summed E-state index contributed by atoms with van der Waals surface area (Å²) in [6, 6.07) is 2.70. The van der Waals surface area contributed by atoms with Crippen molar-refractivity contribution >= 4 is 0 Å². The molecule has 1 atom stereocenters. The fraction of sp³-hybridized carbons (Fsp3) is 0.500. The molecular formula is C16H19F3O5. The number of aliphatic hydroxyl groups excluding tert-OH is 1. The van der Waals surface area contributed by atoms with Gasteiger partial charge in [-0.15, -0.1) is 0 Å². The van der Waals surface area contributed by atoms with Crippen molar-refractivity contribution < 1.29 is 37.2 Å². The Morgan fingerprint density at radius 1 is 1.08 bits per heavy atom. The third kappa shape index (κ3) is 3.53. The summed E-state index contributed by atoms with van der Waals surface area (Å²) >= 11 is 0. The second-order valence-corrected chi connectivity index (χ2v) is 5.15. The van der Waals surface area contributed by atoms with E-state index in [4.69, 9.17) is 18.9 Å². The van der Waals surface area contributed by atoms with Crippen molar-refractivity contribution in [3.63, 3.8) is 0 Å². The van der Waals surface area contributed by atoms with E-state index in [1.807, 2.05) is 0 Å². The molecule has 134 valence electrons. The molecule has 0 radical (unpaired) electrons. The molecule has 0 amide bonds. The molecule has 0 aromatic heterocycles. The van der Waals surface area contributed by atoms with Gasteiger partial charge in [0.25, 0.3) is 5.79 Å². The van der Waals surface area contributed by atoms with Crippen molar-refractivity contribution in [2.75, 3.05) is 13.2 Å².